The Morgan fingerprint density at radius 2 is 2.26 bits per heavy atom. The number of nitrogens with zero attached hydrogens (tertiary/aromatic N) is 3. The van der Waals surface area contributed by atoms with Gasteiger partial charge in [-0.1, -0.05) is 18.2 Å². The quantitative estimate of drug-likeness (QED) is 0.816. The molecule has 0 aliphatic carbocycles. The van der Waals surface area contributed by atoms with E-state index >= 15 is 0 Å². The van der Waals surface area contributed by atoms with E-state index < -0.39 is 12.0 Å². The standard InChI is InChI=1S/C13H14N4O2/c18-12(19)11-8-14-5-6-17(11)13-15-7-9-3-1-2-4-10(9)16-13/h1-4,7,11,14H,5-6,8H2,(H,18,19). The first-order chi connectivity index (χ1) is 9.25. The summed E-state index contributed by atoms with van der Waals surface area (Å²) in [6.45, 7) is 1.74. The summed E-state index contributed by atoms with van der Waals surface area (Å²) in [7, 11) is 0. The predicted molar refractivity (Wildman–Crippen MR) is 71.2 cm³/mol. The van der Waals surface area contributed by atoms with E-state index in [1.165, 1.54) is 0 Å². The molecule has 2 N–H and O–H groups in total. The zero-order valence-corrected chi connectivity index (χ0v) is 10.3. The van der Waals surface area contributed by atoms with Crippen LogP contribution in [0, 0.1) is 0 Å². The third-order valence-electron chi connectivity index (χ3n) is 3.26. The van der Waals surface area contributed by atoms with Crippen molar-refractivity contribution >= 4 is 22.8 Å². The van der Waals surface area contributed by atoms with Gasteiger partial charge in [0.15, 0.2) is 0 Å². The summed E-state index contributed by atoms with van der Waals surface area (Å²) in [5, 5.41) is 13.3. The van der Waals surface area contributed by atoms with E-state index in [-0.39, 0.29) is 0 Å². The number of rotatable bonds is 2. The summed E-state index contributed by atoms with van der Waals surface area (Å²) >= 11 is 0. The molecule has 0 radical (unpaired) electrons. The Kier molecular flexibility index (Phi) is 3.00. The molecule has 0 bridgehead atoms. The molecule has 1 aliphatic heterocycles. The molecule has 1 aliphatic rings. The summed E-state index contributed by atoms with van der Waals surface area (Å²) in [5.41, 5.74) is 0.829. The fourth-order valence-electron chi connectivity index (χ4n) is 2.27. The molecule has 2 heterocycles. The third-order valence-corrected chi connectivity index (χ3v) is 3.26. The van der Waals surface area contributed by atoms with Gasteiger partial charge < -0.3 is 15.3 Å². The molecule has 1 unspecified atom stereocenters. The zero-order valence-electron chi connectivity index (χ0n) is 10.3. The molecule has 2 aromatic rings. The maximum Gasteiger partial charge on any atom is 0.327 e. The van der Waals surface area contributed by atoms with Gasteiger partial charge in [-0.15, -0.1) is 0 Å². The monoisotopic (exact) mass is 258 g/mol. The summed E-state index contributed by atoms with van der Waals surface area (Å²) in [4.78, 5) is 21.7. The van der Waals surface area contributed by atoms with E-state index in [9.17, 15) is 9.90 Å². The van der Waals surface area contributed by atoms with Crippen LogP contribution in [0.25, 0.3) is 10.9 Å². The lowest BCUT2D eigenvalue weighted by atomic mass is 10.2. The largest absolute Gasteiger partial charge is 0.480 e. The van der Waals surface area contributed by atoms with Crippen molar-refractivity contribution in [1.29, 1.82) is 0 Å². The topological polar surface area (TPSA) is 78.4 Å². The second kappa shape index (κ2) is 4.81. The van der Waals surface area contributed by atoms with Crippen molar-refractivity contribution in [2.75, 3.05) is 24.5 Å². The number of fused-ring (bicyclic) bond motifs is 1. The SMILES string of the molecule is O=C(O)C1CNCCN1c1ncc2ccccc2n1. The minimum atomic E-state index is -0.857. The third kappa shape index (κ3) is 2.22. The van der Waals surface area contributed by atoms with Crippen molar-refractivity contribution in [2.45, 2.75) is 6.04 Å². The van der Waals surface area contributed by atoms with Gasteiger partial charge in [0.05, 0.1) is 5.52 Å². The van der Waals surface area contributed by atoms with Crippen molar-refractivity contribution < 1.29 is 9.90 Å². The molecule has 1 saturated heterocycles. The average molecular weight is 258 g/mol. The molecule has 1 atom stereocenters. The summed E-state index contributed by atoms with van der Waals surface area (Å²) < 4.78 is 0. The van der Waals surface area contributed by atoms with Crippen LogP contribution >= 0.6 is 0 Å². The highest BCUT2D eigenvalue weighted by Gasteiger charge is 2.30. The van der Waals surface area contributed by atoms with Crippen LogP contribution in [0.15, 0.2) is 30.5 Å². The first-order valence-electron chi connectivity index (χ1n) is 6.17. The van der Waals surface area contributed by atoms with Crippen LogP contribution in [-0.2, 0) is 4.79 Å². The van der Waals surface area contributed by atoms with Crippen LogP contribution in [0.3, 0.4) is 0 Å². The highest BCUT2D eigenvalue weighted by molar-refractivity contribution is 5.81. The average Bonchev–Trinajstić information content (AvgIpc) is 2.46. The normalized spacial score (nSPS) is 19.6. The van der Waals surface area contributed by atoms with Crippen molar-refractivity contribution in [2.24, 2.45) is 0 Å². The molecule has 1 aromatic carbocycles. The van der Waals surface area contributed by atoms with Gasteiger partial charge in [-0.3, -0.25) is 0 Å². The van der Waals surface area contributed by atoms with Crippen LogP contribution in [-0.4, -0.2) is 46.7 Å². The van der Waals surface area contributed by atoms with Gasteiger partial charge in [0, 0.05) is 31.2 Å². The molecule has 6 nitrogen and oxygen atoms in total. The van der Waals surface area contributed by atoms with E-state index in [0.29, 0.717) is 19.0 Å². The van der Waals surface area contributed by atoms with E-state index in [4.69, 9.17) is 0 Å². The predicted octanol–water partition coefficient (Wildman–Crippen LogP) is 0.493. The van der Waals surface area contributed by atoms with Crippen molar-refractivity contribution in [3.63, 3.8) is 0 Å². The number of aromatic nitrogens is 2. The number of hydrogen-bond donors (Lipinski definition) is 2. The van der Waals surface area contributed by atoms with Crippen molar-refractivity contribution in [3.8, 4) is 0 Å². The van der Waals surface area contributed by atoms with E-state index in [0.717, 1.165) is 17.4 Å². The van der Waals surface area contributed by atoms with E-state index in [1.807, 2.05) is 24.3 Å². The highest BCUT2D eigenvalue weighted by atomic mass is 16.4. The van der Waals surface area contributed by atoms with Gasteiger partial charge in [0.1, 0.15) is 6.04 Å². The maximum atomic E-state index is 11.3. The number of carboxylic acid groups (broad SMARTS) is 1. The fourth-order valence-corrected chi connectivity index (χ4v) is 2.27. The lowest BCUT2D eigenvalue weighted by Gasteiger charge is -2.33. The second-order valence-corrected chi connectivity index (χ2v) is 4.48. The minimum Gasteiger partial charge on any atom is -0.480 e. The molecule has 1 aromatic heterocycles. The summed E-state index contributed by atoms with van der Waals surface area (Å²) in [5.74, 6) is -0.378. The number of carboxylic acids is 1. The molecule has 3 rings (SSSR count). The maximum absolute atomic E-state index is 11.3. The molecule has 98 valence electrons. The number of anilines is 1. The minimum absolute atomic E-state index is 0.408. The lowest BCUT2D eigenvalue weighted by molar-refractivity contribution is -0.138. The first kappa shape index (κ1) is 11.9. The van der Waals surface area contributed by atoms with Crippen LogP contribution in [0.4, 0.5) is 5.95 Å². The second-order valence-electron chi connectivity index (χ2n) is 4.48. The Labute approximate surface area is 110 Å². The smallest absolute Gasteiger partial charge is 0.327 e. The highest BCUT2D eigenvalue weighted by Crippen LogP contribution is 2.17. The number of benzene rings is 1. The van der Waals surface area contributed by atoms with Gasteiger partial charge in [-0.05, 0) is 6.07 Å². The van der Waals surface area contributed by atoms with Gasteiger partial charge in [-0.2, -0.15) is 0 Å². The Morgan fingerprint density at radius 3 is 3.11 bits per heavy atom. The number of hydrogen-bond acceptors (Lipinski definition) is 5. The Bertz CT molecular complexity index is 616. The van der Waals surface area contributed by atoms with Gasteiger partial charge >= 0.3 is 5.97 Å². The van der Waals surface area contributed by atoms with Gasteiger partial charge in [0.2, 0.25) is 5.95 Å². The molecule has 19 heavy (non-hydrogen) atoms. The number of piperazine rings is 1. The van der Waals surface area contributed by atoms with Crippen LogP contribution in [0.2, 0.25) is 0 Å². The fraction of sp³-hybridized carbons (Fsp3) is 0.308. The Morgan fingerprint density at radius 1 is 1.42 bits per heavy atom. The van der Waals surface area contributed by atoms with E-state index in [1.54, 1.807) is 11.1 Å². The van der Waals surface area contributed by atoms with Crippen LogP contribution in [0.5, 0.6) is 0 Å². The van der Waals surface area contributed by atoms with Crippen LogP contribution in [0.1, 0.15) is 0 Å². The molecular weight excluding hydrogens is 244 g/mol. The van der Waals surface area contributed by atoms with Crippen LogP contribution < -0.4 is 10.2 Å². The van der Waals surface area contributed by atoms with Crippen molar-refractivity contribution in [1.82, 2.24) is 15.3 Å². The van der Waals surface area contributed by atoms with Gasteiger partial charge in [-0.25, -0.2) is 14.8 Å². The number of para-hydroxylation sites is 1. The van der Waals surface area contributed by atoms with E-state index in [2.05, 4.69) is 15.3 Å². The number of aliphatic carboxylic acids is 1. The molecular formula is C13H14N4O2. The van der Waals surface area contributed by atoms with Crippen molar-refractivity contribution in [3.05, 3.63) is 30.5 Å². The zero-order chi connectivity index (χ0) is 13.2. The molecule has 0 spiro atoms. The molecule has 0 saturated carbocycles. The molecule has 6 heteroatoms. The number of carbonyl (C=O) groups is 1. The number of nitrogens with one attached hydrogen (secondary N) is 1. The Hall–Kier alpha value is -2.21. The first-order valence-corrected chi connectivity index (χ1v) is 6.17. The molecule has 0 amide bonds. The summed E-state index contributed by atoms with van der Waals surface area (Å²) in [6, 6.07) is 7.06. The van der Waals surface area contributed by atoms with Gasteiger partial charge in [0.25, 0.3) is 0 Å². The molecule has 1 fully saturated rings. The Balaban J connectivity index is 1.99. The summed E-state index contributed by atoms with van der Waals surface area (Å²) in [6.07, 6.45) is 1.73. The lowest BCUT2D eigenvalue weighted by Crippen LogP contribution is -2.55.